The molecule has 30 heavy (non-hydrogen) atoms. The third-order valence-corrected chi connectivity index (χ3v) is 5.13. The van der Waals surface area contributed by atoms with Gasteiger partial charge in [-0.15, -0.1) is 0 Å². The normalized spacial score (nSPS) is 17.6. The number of aromatic carboxylic acids is 1. The van der Waals surface area contributed by atoms with Gasteiger partial charge in [0.15, 0.2) is 0 Å². The lowest BCUT2D eigenvalue weighted by Gasteiger charge is -2.42. The molecular formula is C24H30N2O4. The molecule has 0 aliphatic carbocycles. The Morgan fingerprint density at radius 2 is 1.73 bits per heavy atom. The zero-order chi connectivity index (χ0) is 21.7. The summed E-state index contributed by atoms with van der Waals surface area (Å²) >= 11 is 0. The number of carbonyl (C=O) groups excluding carboxylic acids is 1. The summed E-state index contributed by atoms with van der Waals surface area (Å²) in [7, 11) is 0. The van der Waals surface area contributed by atoms with Crippen LogP contribution in [0.15, 0.2) is 54.6 Å². The number of carbonyl (C=O) groups is 2. The van der Waals surface area contributed by atoms with Gasteiger partial charge in [0.2, 0.25) is 0 Å². The van der Waals surface area contributed by atoms with Crippen molar-refractivity contribution in [1.82, 2.24) is 9.80 Å². The number of ether oxygens (including phenoxy) is 1. The molecule has 1 aliphatic heterocycles. The Hall–Kier alpha value is -2.86. The van der Waals surface area contributed by atoms with Gasteiger partial charge >= 0.3 is 12.1 Å². The van der Waals surface area contributed by atoms with E-state index in [0.717, 1.165) is 12.0 Å². The van der Waals surface area contributed by atoms with Crippen LogP contribution < -0.4 is 0 Å². The van der Waals surface area contributed by atoms with Crippen molar-refractivity contribution in [2.24, 2.45) is 0 Å². The van der Waals surface area contributed by atoms with Gasteiger partial charge in [0.1, 0.15) is 5.60 Å². The molecule has 0 radical (unpaired) electrons. The number of piperazine rings is 1. The Kier molecular flexibility index (Phi) is 6.77. The van der Waals surface area contributed by atoms with E-state index in [0.29, 0.717) is 31.7 Å². The number of nitrogens with zero attached hydrogens (tertiary/aromatic N) is 2. The Labute approximate surface area is 178 Å². The molecule has 1 aliphatic rings. The average Bonchev–Trinajstić information content (AvgIpc) is 2.69. The molecule has 6 nitrogen and oxygen atoms in total. The Bertz CT molecular complexity index is 876. The first-order chi connectivity index (χ1) is 14.2. The number of carboxylic acid groups (broad SMARTS) is 1. The molecule has 1 fully saturated rings. The van der Waals surface area contributed by atoms with E-state index in [4.69, 9.17) is 4.74 Å². The number of amides is 1. The van der Waals surface area contributed by atoms with Gasteiger partial charge in [0.25, 0.3) is 0 Å². The summed E-state index contributed by atoms with van der Waals surface area (Å²) in [6.45, 7) is 8.12. The first-order valence-electron chi connectivity index (χ1n) is 10.3. The van der Waals surface area contributed by atoms with E-state index in [1.165, 1.54) is 5.56 Å². The maximum Gasteiger partial charge on any atom is 0.410 e. The summed E-state index contributed by atoms with van der Waals surface area (Å²) < 4.78 is 5.57. The average molecular weight is 411 g/mol. The van der Waals surface area contributed by atoms with Gasteiger partial charge in [-0.3, -0.25) is 4.90 Å². The van der Waals surface area contributed by atoms with E-state index >= 15 is 0 Å². The minimum Gasteiger partial charge on any atom is -0.478 e. The highest BCUT2D eigenvalue weighted by Crippen LogP contribution is 2.20. The molecule has 0 aromatic heterocycles. The van der Waals surface area contributed by atoms with Crippen LogP contribution in [-0.2, 0) is 17.7 Å². The zero-order valence-corrected chi connectivity index (χ0v) is 17.9. The highest BCUT2D eigenvalue weighted by atomic mass is 16.6. The SMILES string of the molecule is CC(C)(C)OC(=O)N1CCN(Cc2cccc(C(=O)O)c2)[C@@H](Cc2ccccc2)C1. The number of benzene rings is 2. The van der Waals surface area contributed by atoms with Crippen LogP contribution in [0.4, 0.5) is 4.79 Å². The molecule has 2 aromatic carbocycles. The van der Waals surface area contributed by atoms with Crippen molar-refractivity contribution in [1.29, 1.82) is 0 Å². The minimum atomic E-state index is -0.924. The summed E-state index contributed by atoms with van der Waals surface area (Å²) in [5.74, 6) is -0.924. The third kappa shape index (κ3) is 6.07. The first-order valence-corrected chi connectivity index (χ1v) is 10.3. The van der Waals surface area contributed by atoms with Crippen LogP contribution in [0.3, 0.4) is 0 Å². The summed E-state index contributed by atoms with van der Waals surface area (Å²) in [6.07, 6.45) is 0.520. The summed E-state index contributed by atoms with van der Waals surface area (Å²) in [4.78, 5) is 28.0. The molecule has 6 heteroatoms. The fourth-order valence-corrected chi connectivity index (χ4v) is 3.71. The first kappa shape index (κ1) is 21.8. The molecule has 160 valence electrons. The predicted octanol–water partition coefficient (Wildman–Crippen LogP) is 4.05. The largest absolute Gasteiger partial charge is 0.478 e. The van der Waals surface area contributed by atoms with Gasteiger partial charge in [-0.05, 0) is 50.5 Å². The van der Waals surface area contributed by atoms with E-state index in [1.54, 1.807) is 23.1 Å². The molecule has 0 bridgehead atoms. The fraction of sp³-hybridized carbons (Fsp3) is 0.417. The number of hydrogen-bond acceptors (Lipinski definition) is 4. The van der Waals surface area contributed by atoms with Gasteiger partial charge in [-0.2, -0.15) is 0 Å². The van der Waals surface area contributed by atoms with Crippen LogP contribution in [0.2, 0.25) is 0 Å². The van der Waals surface area contributed by atoms with Crippen molar-refractivity contribution in [3.63, 3.8) is 0 Å². The van der Waals surface area contributed by atoms with Crippen LogP contribution in [0, 0.1) is 0 Å². The topological polar surface area (TPSA) is 70.1 Å². The highest BCUT2D eigenvalue weighted by molar-refractivity contribution is 5.87. The van der Waals surface area contributed by atoms with E-state index in [1.807, 2.05) is 45.0 Å². The van der Waals surface area contributed by atoms with E-state index in [-0.39, 0.29) is 12.1 Å². The fourth-order valence-electron chi connectivity index (χ4n) is 3.71. The van der Waals surface area contributed by atoms with Gasteiger partial charge in [0.05, 0.1) is 5.56 Å². The molecule has 0 unspecified atom stereocenters. The standard InChI is InChI=1S/C24H30N2O4/c1-24(2,3)30-23(29)26-13-12-25(16-19-10-7-11-20(14-19)22(27)28)21(17-26)15-18-8-5-4-6-9-18/h4-11,14,21H,12-13,15-17H2,1-3H3,(H,27,28)/t21-/m0/s1. The Balaban J connectivity index is 1.76. The lowest BCUT2D eigenvalue weighted by atomic mass is 10.0. The van der Waals surface area contributed by atoms with Gasteiger partial charge in [-0.1, -0.05) is 42.5 Å². The minimum absolute atomic E-state index is 0.113. The van der Waals surface area contributed by atoms with Crippen LogP contribution in [0.1, 0.15) is 42.3 Å². The van der Waals surface area contributed by atoms with Crippen molar-refractivity contribution < 1.29 is 19.4 Å². The molecule has 2 aromatic rings. The molecule has 1 saturated heterocycles. The maximum absolute atomic E-state index is 12.6. The smallest absolute Gasteiger partial charge is 0.410 e. The molecule has 1 N–H and O–H groups in total. The number of rotatable bonds is 5. The molecule has 1 amide bonds. The predicted molar refractivity (Wildman–Crippen MR) is 116 cm³/mol. The second-order valence-electron chi connectivity index (χ2n) is 8.75. The van der Waals surface area contributed by atoms with E-state index < -0.39 is 11.6 Å². The third-order valence-electron chi connectivity index (χ3n) is 5.13. The van der Waals surface area contributed by atoms with Crippen molar-refractivity contribution in [3.8, 4) is 0 Å². The second-order valence-corrected chi connectivity index (χ2v) is 8.75. The summed E-state index contributed by atoms with van der Waals surface area (Å²) in [5, 5.41) is 9.28. The van der Waals surface area contributed by atoms with Crippen molar-refractivity contribution in [3.05, 3.63) is 71.3 Å². The van der Waals surface area contributed by atoms with Crippen molar-refractivity contribution in [2.75, 3.05) is 19.6 Å². The Morgan fingerprint density at radius 1 is 1.03 bits per heavy atom. The van der Waals surface area contributed by atoms with Crippen LogP contribution in [0.25, 0.3) is 0 Å². The molecule has 1 atom stereocenters. The van der Waals surface area contributed by atoms with Crippen LogP contribution in [-0.4, -0.2) is 58.2 Å². The molecular weight excluding hydrogens is 380 g/mol. The van der Waals surface area contributed by atoms with E-state index in [9.17, 15) is 14.7 Å². The lowest BCUT2D eigenvalue weighted by Crippen LogP contribution is -2.55. The monoisotopic (exact) mass is 410 g/mol. The Morgan fingerprint density at radius 3 is 2.40 bits per heavy atom. The van der Waals surface area contributed by atoms with Crippen molar-refractivity contribution >= 4 is 12.1 Å². The quantitative estimate of drug-likeness (QED) is 0.805. The lowest BCUT2D eigenvalue weighted by molar-refractivity contribution is 0.00238. The molecule has 3 rings (SSSR count). The van der Waals surface area contributed by atoms with E-state index in [2.05, 4.69) is 17.0 Å². The highest BCUT2D eigenvalue weighted by Gasteiger charge is 2.32. The van der Waals surface area contributed by atoms with Gasteiger partial charge in [-0.25, -0.2) is 9.59 Å². The number of hydrogen-bond donors (Lipinski definition) is 1. The van der Waals surface area contributed by atoms with Gasteiger partial charge in [0, 0.05) is 32.2 Å². The summed E-state index contributed by atoms with van der Waals surface area (Å²) in [5.41, 5.74) is 1.93. The number of carboxylic acids is 1. The molecule has 0 saturated carbocycles. The van der Waals surface area contributed by atoms with Crippen molar-refractivity contribution in [2.45, 2.75) is 45.4 Å². The summed E-state index contributed by atoms with van der Waals surface area (Å²) in [6, 6.07) is 17.4. The molecule has 0 spiro atoms. The van der Waals surface area contributed by atoms with Crippen LogP contribution in [0.5, 0.6) is 0 Å². The van der Waals surface area contributed by atoms with Gasteiger partial charge < -0.3 is 14.7 Å². The maximum atomic E-state index is 12.6. The zero-order valence-electron chi connectivity index (χ0n) is 17.9. The molecule has 1 heterocycles. The van der Waals surface area contributed by atoms with Crippen LogP contribution >= 0.6 is 0 Å². The second kappa shape index (κ2) is 9.30.